The lowest BCUT2D eigenvalue weighted by Crippen LogP contribution is -2.53. The molecule has 3 aliphatic rings. The quantitative estimate of drug-likeness (QED) is 0.314. The molecule has 0 aromatic carbocycles. The van der Waals surface area contributed by atoms with Crippen LogP contribution in [0.1, 0.15) is 80.6 Å². The number of allylic oxidation sites excluding steroid dienone is 1. The van der Waals surface area contributed by atoms with Gasteiger partial charge in [-0.05, 0) is 61.5 Å². The van der Waals surface area contributed by atoms with Crippen molar-refractivity contribution in [1.29, 1.82) is 0 Å². The maximum absolute atomic E-state index is 12.2. The highest BCUT2D eigenvalue weighted by Gasteiger charge is 2.60. The predicted molar refractivity (Wildman–Crippen MR) is 131 cm³/mol. The summed E-state index contributed by atoms with van der Waals surface area (Å²) in [5.74, 6) is -1.83. The molecule has 0 radical (unpaired) electrons. The Labute approximate surface area is 213 Å². The maximum Gasteiger partial charge on any atom is 0.303 e. The van der Waals surface area contributed by atoms with Crippen LogP contribution in [-0.2, 0) is 38.1 Å². The van der Waals surface area contributed by atoms with Crippen LogP contribution in [0.4, 0.5) is 0 Å². The smallest absolute Gasteiger partial charge is 0.303 e. The van der Waals surface area contributed by atoms with Gasteiger partial charge in [-0.1, -0.05) is 26.0 Å². The molecule has 0 aromatic heterocycles. The summed E-state index contributed by atoms with van der Waals surface area (Å²) in [6.45, 7) is 16.0. The lowest BCUT2D eigenvalue weighted by atomic mass is 9.61. The fraction of sp³-hybridized carbons (Fsp3) is 0.714. The van der Waals surface area contributed by atoms with Crippen LogP contribution < -0.4 is 0 Å². The van der Waals surface area contributed by atoms with Gasteiger partial charge >= 0.3 is 23.9 Å². The molecular formula is C28H40O8. The van der Waals surface area contributed by atoms with Gasteiger partial charge in [0.2, 0.25) is 0 Å². The van der Waals surface area contributed by atoms with E-state index in [1.165, 1.54) is 27.7 Å². The summed E-state index contributed by atoms with van der Waals surface area (Å²) in [6.07, 6.45) is 0.596. The molecule has 0 amide bonds. The van der Waals surface area contributed by atoms with Gasteiger partial charge in [0.15, 0.2) is 6.10 Å². The molecule has 2 bridgehead atoms. The third-order valence-corrected chi connectivity index (χ3v) is 8.40. The number of hydrogen-bond donors (Lipinski definition) is 0. The number of rotatable bonds is 4. The van der Waals surface area contributed by atoms with Crippen LogP contribution in [0, 0.1) is 23.2 Å². The molecule has 1 saturated carbocycles. The van der Waals surface area contributed by atoms with Gasteiger partial charge in [-0.2, -0.15) is 0 Å². The van der Waals surface area contributed by atoms with Crippen LogP contribution >= 0.6 is 0 Å². The highest BCUT2D eigenvalue weighted by Crippen LogP contribution is 2.60. The Kier molecular flexibility index (Phi) is 8.36. The first-order chi connectivity index (χ1) is 16.8. The van der Waals surface area contributed by atoms with Gasteiger partial charge in [0, 0.05) is 39.5 Å². The second-order valence-corrected chi connectivity index (χ2v) is 11.0. The van der Waals surface area contributed by atoms with E-state index in [0.29, 0.717) is 19.3 Å². The van der Waals surface area contributed by atoms with E-state index >= 15 is 0 Å². The Morgan fingerprint density at radius 2 is 1.47 bits per heavy atom. The largest absolute Gasteiger partial charge is 0.462 e. The van der Waals surface area contributed by atoms with Crippen molar-refractivity contribution in [2.24, 2.45) is 23.2 Å². The zero-order chi connectivity index (χ0) is 26.9. The van der Waals surface area contributed by atoms with Crippen molar-refractivity contribution in [2.75, 3.05) is 0 Å². The molecule has 0 spiro atoms. The minimum absolute atomic E-state index is 0.0326. The van der Waals surface area contributed by atoms with Crippen LogP contribution in [0.25, 0.3) is 0 Å². The first kappa shape index (κ1) is 27.9. The van der Waals surface area contributed by atoms with Gasteiger partial charge in [0.1, 0.15) is 18.3 Å². The monoisotopic (exact) mass is 504 g/mol. The lowest BCUT2D eigenvalue weighted by molar-refractivity contribution is -0.177. The van der Waals surface area contributed by atoms with E-state index in [4.69, 9.17) is 18.9 Å². The molecule has 0 unspecified atom stereocenters. The summed E-state index contributed by atoms with van der Waals surface area (Å²) in [5.41, 5.74) is 2.33. The molecular weight excluding hydrogens is 464 g/mol. The Bertz CT molecular complexity index is 965. The summed E-state index contributed by atoms with van der Waals surface area (Å²) in [7, 11) is 0. The van der Waals surface area contributed by atoms with Crippen molar-refractivity contribution in [2.45, 2.75) is 105 Å². The molecule has 8 nitrogen and oxygen atoms in total. The number of carbonyl (C=O) groups is 4. The van der Waals surface area contributed by atoms with E-state index < -0.39 is 53.7 Å². The first-order valence-corrected chi connectivity index (χ1v) is 12.8. The van der Waals surface area contributed by atoms with Crippen molar-refractivity contribution in [3.8, 4) is 0 Å². The van der Waals surface area contributed by atoms with Crippen molar-refractivity contribution in [3.05, 3.63) is 23.3 Å². The van der Waals surface area contributed by atoms with Crippen LogP contribution in [0.5, 0.6) is 0 Å². The highest BCUT2D eigenvalue weighted by molar-refractivity contribution is 5.68. The van der Waals surface area contributed by atoms with E-state index in [1.54, 1.807) is 0 Å². The number of hydrogen-bond acceptors (Lipinski definition) is 8. The Morgan fingerprint density at radius 1 is 0.889 bits per heavy atom. The standard InChI is InChI=1S/C28H40O8/c1-14-9-10-22-16(3)25-21(15(2)24(34-18(5)30)13-23(14)33-17(4)29)11-12-28(25,8)27(36-20(7)32)26(22)35-19(6)31/h14,21,23-27H,2,9-13H2,1,3-8H3/t14-,21+,23+,24-,25-,26-,27+,28+/m1/s1. The fourth-order valence-electron chi connectivity index (χ4n) is 6.85. The molecule has 3 rings (SSSR count). The average Bonchev–Trinajstić information content (AvgIpc) is 3.11. The minimum Gasteiger partial charge on any atom is -0.462 e. The van der Waals surface area contributed by atoms with Gasteiger partial charge in [-0.3, -0.25) is 19.2 Å². The third-order valence-electron chi connectivity index (χ3n) is 8.40. The SMILES string of the molecule is C=C1[C@H](OC(C)=O)C[C@H](OC(C)=O)[C@H](C)CCC2=C(C)[C@@H]3[C@H]1CC[C@]3(C)[C@@H](OC(C)=O)[C@@H]2OC(C)=O. The third kappa shape index (κ3) is 5.52. The molecule has 8 atom stereocenters. The van der Waals surface area contributed by atoms with Crippen LogP contribution in [0.2, 0.25) is 0 Å². The molecule has 1 fully saturated rings. The summed E-state index contributed by atoms with van der Waals surface area (Å²) < 4.78 is 23.2. The number of esters is 4. The highest BCUT2D eigenvalue weighted by atomic mass is 16.6. The maximum atomic E-state index is 12.2. The number of ether oxygens (including phenoxy) is 4. The Balaban J connectivity index is 2.18. The van der Waals surface area contributed by atoms with E-state index in [-0.39, 0.29) is 17.8 Å². The molecule has 0 heterocycles. The van der Waals surface area contributed by atoms with Crippen molar-refractivity contribution in [3.63, 3.8) is 0 Å². The number of carbonyl (C=O) groups excluding carboxylic acids is 4. The van der Waals surface area contributed by atoms with E-state index in [0.717, 1.165) is 29.6 Å². The summed E-state index contributed by atoms with van der Waals surface area (Å²) in [5, 5.41) is 0. The molecule has 0 N–H and O–H groups in total. The van der Waals surface area contributed by atoms with Gasteiger partial charge < -0.3 is 18.9 Å². The molecule has 3 aliphatic carbocycles. The zero-order valence-electron chi connectivity index (χ0n) is 22.6. The van der Waals surface area contributed by atoms with Crippen molar-refractivity contribution < 1.29 is 38.1 Å². The zero-order valence-corrected chi connectivity index (χ0v) is 22.6. The molecule has 36 heavy (non-hydrogen) atoms. The topological polar surface area (TPSA) is 105 Å². The van der Waals surface area contributed by atoms with Crippen LogP contribution in [-0.4, -0.2) is 48.3 Å². The second kappa shape index (κ2) is 10.8. The van der Waals surface area contributed by atoms with Gasteiger partial charge in [-0.15, -0.1) is 0 Å². The first-order valence-electron chi connectivity index (χ1n) is 12.8. The fourth-order valence-corrected chi connectivity index (χ4v) is 6.85. The molecule has 0 saturated heterocycles. The molecule has 200 valence electrons. The Morgan fingerprint density at radius 3 is 2.03 bits per heavy atom. The van der Waals surface area contributed by atoms with Crippen LogP contribution in [0.15, 0.2) is 23.3 Å². The van der Waals surface area contributed by atoms with Gasteiger partial charge in [0.25, 0.3) is 0 Å². The average molecular weight is 505 g/mol. The van der Waals surface area contributed by atoms with Gasteiger partial charge in [-0.25, -0.2) is 0 Å². The van der Waals surface area contributed by atoms with Crippen molar-refractivity contribution in [1.82, 2.24) is 0 Å². The molecule has 0 aromatic rings. The Hall–Kier alpha value is -2.64. The molecule has 0 aliphatic heterocycles. The molecule has 8 heteroatoms. The second-order valence-electron chi connectivity index (χ2n) is 11.0. The van der Waals surface area contributed by atoms with Gasteiger partial charge in [0.05, 0.1) is 0 Å². The van der Waals surface area contributed by atoms with E-state index in [9.17, 15) is 19.2 Å². The minimum atomic E-state index is -0.691. The predicted octanol–water partition coefficient (Wildman–Crippen LogP) is 4.45. The lowest BCUT2D eigenvalue weighted by Gasteiger charge is -2.49. The summed E-state index contributed by atoms with van der Waals surface area (Å²) in [4.78, 5) is 48.4. The summed E-state index contributed by atoms with van der Waals surface area (Å²) >= 11 is 0. The van der Waals surface area contributed by atoms with Crippen molar-refractivity contribution >= 4 is 23.9 Å². The summed E-state index contributed by atoms with van der Waals surface area (Å²) in [6, 6.07) is 0. The van der Waals surface area contributed by atoms with E-state index in [1.807, 2.05) is 6.92 Å². The van der Waals surface area contributed by atoms with Crippen LogP contribution in [0.3, 0.4) is 0 Å². The normalized spacial score (nSPS) is 36.4. The van der Waals surface area contributed by atoms with E-state index in [2.05, 4.69) is 20.4 Å².